The number of anilines is 1. The molecule has 8 nitrogen and oxygen atoms in total. The monoisotopic (exact) mass is 480 g/mol. The molecule has 3 aromatic heterocycles. The Morgan fingerprint density at radius 1 is 1.26 bits per heavy atom. The Morgan fingerprint density at radius 3 is 2.65 bits per heavy atom. The van der Waals surface area contributed by atoms with Gasteiger partial charge >= 0.3 is 6.09 Å². The lowest BCUT2D eigenvalue weighted by molar-refractivity contribution is 0.0557. The molecule has 1 amide bonds. The number of halogens is 1. The first-order valence-electron chi connectivity index (χ1n) is 11.0. The highest BCUT2D eigenvalue weighted by Crippen LogP contribution is 2.45. The van der Waals surface area contributed by atoms with E-state index in [0.717, 1.165) is 11.3 Å². The summed E-state index contributed by atoms with van der Waals surface area (Å²) >= 11 is 1.37. The highest BCUT2D eigenvalue weighted by atomic mass is 32.1. The van der Waals surface area contributed by atoms with Gasteiger partial charge in [0.25, 0.3) is 0 Å². The molecule has 1 aliphatic rings. The molecule has 1 fully saturated rings. The molecule has 34 heavy (non-hydrogen) atoms. The van der Waals surface area contributed by atoms with Crippen LogP contribution < -0.4 is 4.90 Å². The fourth-order valence-corrected chi connectivity index (χ4v) is 4.69. The molecule has 0 spiro atoms. The Kier molecular flexibility index (Phi) is 6.57. The minimum absolute atomic E-state index is 0.174. The number of nitriles is 1. The van der Waals surface area contributed by atoms with Crippen molar-refractivity contribution < 1.29 is 13.9 Å². The highest BCUT2D eigenvalue weighted by molar-refractivity contribution is 7.15. The van der Waals surface area contributed by atoms with Crippen LogP contribution in [0.1, 0.15) is 50.6 Å². The molecule has 176 valence electrons. The molecule has 0 N–H and O–H groups in total. The van der Waals surface area contributed by atoms with E-state index in [1.54, 1.807) is 51.4 Å². The normalized spacial score (nSPS) is 14.7. The first-order valence-corrected chi connectivity index (χ1v) is 11.8. The first-order chi connectivity index (χ1) is 16.2. The minimum atomic E-state index is -0.718. The van der Waals surface area contributed by atoms with Gasteiger partial charge in [-0.15, -0.1) is 21.5 Å². The summed E-state index contributed by atoms with van der Waals surface area (Å²) in [6, 6.07) is 8.45. The predicted molar refractivity (Wildman–Crippen MR) is 126 cm³/mol. The molecule has 4 rings (SSSR count). The number of carbonyl (C=O) groups excluding carboxylic acids is 1. The fourth-order valence-electron chi connectivity index (χ4n) is 3.88. The van der Waals surface area contributed by atoms with Crippen molar-refractivity contribution >= 4 is 23.2 Å². The van der Waals surface area contributed by atoms with E-state index in [1.807, 2.05) is 0 Å². The van der Waals surface area contributed by atoms with Gasteiger partial charge in [-0.2, -0.15) is 5.26 Å². The van der Waals surface area contributed by atoms with Crippen LogP contribution in [0.2, 0.25) is 0 Å². The maximum absolute atomic E-state index is 14.7. The molecule has 3 aromatic rings. The zero-order valence-electron chi connectivity index (χ0n) is 19.3. The van der Waals surface area contributed by atoms with Crippen LogP contribution in [-0.2, 0) is 16.6 Å². The van der Waals surface area contributed by atoms with E-state index in [-0.39, 0.29) is 18.8 Å². The molecule has 0 saturated heterocycles. The summed E-state index contributed by atoms with van der Waals surface area (Å²) in [7, 11) is 0. The van der Waals surface area contributed by atoms with E-state index in [2.05, 4.69) is 26.2 Å². The standard InChI is InChI=1S/C24H25FN6O2S/c1-23(2,3)33-22(32)31(15-24(10-5-11-24)20-17(25)6-4-13-27-20)19-8-7-18(29-30-19)21-28-14-16(34-21)9-12-26/h4,6-8,13-14H,5,9-11,15H2,1-3H3. The largest absolute Gasteiger partial charge is 0.443 e. The van der Waals surface area contributed by atoms with Gasteiger partial charge in [0.2, 0.25) is 0 Å². The van der Waals surface area contributed by atoms with Crippen molar-refractivity contribution in [2.24, 2.45) is 0 Å². The molecular weight excluding hydrogens is 455 g/mol. The lowest BCUT2D eigenvalue weighted by Gasteiger charge is -2.44. The van der Waals surface area contributed by atoms with E-state index < -0.39 is 17.1 Å². The predicted octanol–water partition coefficient (Wildman–Crippen LogP) is 5.06. The third-order valence-corrected chi connectivity index (χ3v) is 6.62. The SMILES string of the molecule is CC(C)(C)OC(=O)N(CC1(c2ncccc2F)CCC1)c1ccc(-c2ncc(CC#N)s2)nn1. The second-order valence-electron chi connectivity index (χ2n) is 9.28. The quantitative estimate of drug-likeness (QED) is 0.485. The minimum Gasteiger partial charge on any atom is -0.443 e. The van der Waals surface area contributed by atoms with Crippen LogP contribution in [0.25, 0.3) is 10.7 Å². The van der Waals surface area contributed by atoms with Crippen LogP contribution in [0.15, 0.2) is 36.7 Å². The van der Waals surface area contributed by atoms with E-state index in [0.29, 0.717) is 35.1 Å². The summed E-state index contributed by atoms with van der Waals surface area (Å²) in [5.74, 6) is -0.0841. The summed E-state index contributed by atoms with van der Waals surface area (Å²) in [5.41, 5.74) is -0.447. The molecule has 0 aliphatic heterocycles. The molecule has 0 bridgehead atoms. The summed E-state index contributed by atoms with van der Waals surface area (Å²) in [6.45, 7) is 5.54. The molecule has 0 radical (unpaired) electrons. The summed E-state index contributed by atoms with van der Waals surface area (Å²) in [5, 5.41) is 18.1. The number of rotatable bonds is 6. The van der Waals surface area contributed by atoms with Gasteiger partial charge in [-0.3, -0.25) is 9.88 Å². The smallest absolute Gasteiger partial charge is 0.416 e. The number of pyridine rings is 1. The van der Waals surface area contributed by atoms with E-state index in [9.17, 15) is 9.18 Å². The van der Waals surface area contributed by atoms with Gasteiger partial charge in [0.1, 0.15) is 22.1 Å². The second-order valence-corrected chi connectivity index (χ2v) is 10.4. The van der Waals surface area contributed by atoms with Gasteiger partial charge in [-0.1, -0.05) is 6.42 Å². The Bertz CT molecular complexity index is 1210. The van der Waals surface area contributed by atoms with Crippen LogP contribution in [0.5, 0.6) is 0 Å². The van der Waals surface area contributed by atoms with E-state index in [1.165, 1.54) is 22.3 Å². The van der Waals surface area contributed by atoms with Gasteiger partial charge in [0.05, 0.1) is 18.2 Å². The Morgan fingerprint density at radius 2 is 2.06 bits per heavy atom. The molecule has 1 saturated carbocycles. The number of thiazole rings is 1. The van der Waals surface area contributed by atoms with Crippen molar-refractivity contribution in [1.82, 2.24) is 20.2 Å². The van der Waals surface area contributed by atoms with Crippen LogP contribution in [0, 0.1) is 17.1 Å². The van der Waals surface area contributed by atoms with Gasteiger partial charge in [0, 0.05) is 29.2 Å². The van der Waals surface area contributed by atoms with Crippen molar-refractivity contribution in [2.45, 2.75) is 57.5 Å². The number of carbonyl (C=O) groups is 1. The molecular formula is C24H25FN6O2S. The zero-order chi connectivity index (χ0) is 24.3. The Labute approximate surface area is 201 Å². The Balaban J connectivity index is 1.65. The van der Waals surface area contributed by atoms with Gasteiger partial charge in [0.15, 0.2) is 5.82 Å². The van der Waals surface area contributed by atoms with Crippen molar-refractivity contribution in [3.05, 3.63) is 53.0 Å². The van der Waals surface area contributed by atoms with Crippen LogP contribution in [0.3, 0.4) is 0 Å². The van der Waals surface area contributed by atoms with Gasteiger partial charge in [-0.25, -0.2) is 14.2 Å². The topological polar surface area (TPSA) is 105 Å². The number of amides is 1. The molecule has 1 aliphatic carbocycles. The highest BCUT2D eigenvalue weighted by Gasteiger charge is 2.45. The number of aromatic nitrogens is 4. The van der Waals surface area contributed by atoms with Crippen molar-refractivity contribution in [2.75, 3.05) is 11.4 Å². The molecule has 0 atom stereocenters. The lowest BCUT2D eigenvalue weighted by Crippen LogP contribution is -2.50. The van der Waals surface area contributed by atoms with Crippen LogP contribution in [-0.4, -0.2) is 38.4 Å². The maximum atomic E-state index is 14.7. The number of nitrogens with zero attached hydrogens (tertiary/aromatic N) is 6. The van der Waals surface area contributed by atoms with Crippen molar-refractivity contribution in [3.8, 4) is 16.8 Å². The first kappa shape index (κ1) is 23.7. The van der Waals surface area contributed by atoms with Gasteiger partial charge < -0.3 is 4.74 Å². The number of hydrogen-bond acceptors (Lipinski definition) is 8. The van der Waals surface area contributed by atoms with Crippen molar-refractivity contribution in [1.29, 1.82) is 5.26 Å². The average molecular weight is 481 g/mol. The zero-order valence-corrected chi connectivity index (χ0v) is 20.1. The van der Waals surface area contributed by atoms with Gasteiger partial charge in [-0.05, 0) is 57.9 Å². The third-order valence-electron chi connectivity index (χ3n) is 5.60. The summed E-state index contributed by atoms with van der Waals surface area (Å²) in [6.07, 6.45) is 5.23. The molecule has 3 heterocycles. The van der Waals surface area contributed by atoms with E-state index in [4.69, 9.17) is 10.00 Å². The summed E-state index contributed by atoms with van der Waals surface area (Å²) in [4.78, 5) is 24.1. The van der Waals surface area contributed by atoms with Crippen LogP contribution in [0.4, 0.5) is 15.0 Å². The third kappa shape index (κ3) is 5.04. The number of ether oxygens (including phenoxy) is 1. The lowest BCUT2D eigenvalue weighted by atomic mass is 9.66. The Hall–Kier alpha value is -3.45. The second kappa shape index (κ2) is 9.43. The van der Waals surface area contributed by atoms with E-state index >= 15 is 0 Å². The summed E-state index contributed by atoms with van der Waals surface area (Å²) < 4.78 is 20.3. The van der Waals surface area contributed by atoms with Crippen LogP contribution >= 0.6 is 11.3 Å². The molecule has 10 heteroatoms. The maximum Gasteiger partial charge on any atom is 0.416 e. The number of hydrogen-bond donors (Lipinski definition) is 0. The van der Waals surface area contributed by atoms with Crippen molar-refractivity contribution in [3.63, 3.8) is 0 Å². The fraction of sp³-hybridized carbons (Fsp3) is 0.417. The molecule has 0 aromatic carbocycles. The molecule has 0 unspecified atom stereocenters. The average Bonchev–Trinajstić information content (AvgIpc) is 3.22.